The lowest BCUT2D eigenvalue weighted by Crippen LogP contribution is -2.42. The van der Waals surface area contributed by atoms with Crippen LogP contribution in [0.25, 0.3) is 0 Å². The first kappa shape index (κ1) is 14.8. The quantitative estimate of drug-likeness (QED) is 0.672. The predicted octanol–water partition coefficient (Wildman–Crippen LogP) is 1.79. The summed E-state index contributed by atoms with van der Waals surface area (Å²) < 4.78 is 1.60. The zero-order chi connectivity index (χ0) is 14.9. The Morgan fingerprint density at radius 3 is 2.75 bits per heavy atom. The summed E-state index contributed by atoms with van der Waals surface area (Å²) in [5.74, 6) is 0.536. The summed E-state index contributed by atoms with van der Waals surface area (Å²) in [7, 11) is 3.87. The lowest BCUT2D eigenvalue weighted by Gasteiger charge is -2.35. The third-order valence-corrected chi connectivity index (χ3v) is 4.16. The van der Waals surface area contributed by atoms with Crippen molar-refractivity contribution in [2.45, 2.75) is 45.2 Å². The lowest BCUT2D eigenvalue weighted by atomic mass is 9.99. The molecule has 2 atom stereocenters. The third kappa shape index (κ3) is 2.77. The number of aromatic nitrogens is 2. The molecular formula is C13H23N5O2. The second-order valence-electron chi connectivity index (χ2n) is 5.57. The van der Waals surface area contributed by atoms with Crippen LogP contribution in [0.1, 0.15) is 32.4 Å². The number of piperidine rings is 1. The maximum Gasteiger partial charge on any atom is 0.333 e. The van der Waals surface area contributed by atoms with E-state index in [1.165, 1.54) is 0 Å². The molecule has 7 nitrogen and oxygen atoms in total. The highest BCUT2D eigenvalue weighted by Crippen LogP contribution is 2.30. The molecular weight excluding hydrogens is 258 g/mol. The molecule has 0 saturated carbocycles. The van der Waals surface area contributed by atoms with Crippen LogP contribution in [-0.2, 0) is 13.5 Å². The van der Waals surface area contributed by atoms with E-state index >= 15 is 0 Å². The minimum atomic E-state index is -0.327. The molecule has 0 radical (unpaired) electrons. The molecule has 1 saturated heterocycles. The van der Waals surface area contributed by atoms with Gasteiger partial charge in [-0.05, 0) is 33.2 Å². The topological polar surface area (TPSA) is 76.2 Å². The Morgan fingerprint density at radius 1 is 1.50 bits per heavy atom. The number of likely N-dealkylation sites (tertiary alicyclic amines) is 1. The van der Waals surface area contributed by atoms with E-state index in [1.54, 1.807) is 11.7 Å². The van der Waals surface area contributed by atoms with Crippen LogP contribution in [0.15, 0.2) is 0 Å². The molecule has 2 rings (SSSR count). The Balaban J connectivity index is 2.21. The van der Waals surface area contributed by atoms with Gasteiger partial charge >= 0.3 is 5.69 Å². The first-order valence-electron chi connectivity index (χ1n) is 7.11. The van der Waals surface area contributed by atoms with Crippen LogP contribution in [0.2, 0.25) is 0 Å². The Kier molecular flexibility index (Phi) is 4.27. The summed E-state index contributed by atoms with van der Waals surface area (Å²) in [6.07, 6.45) is 2.54. The van der Waals surface area contributed by atoms with Gasteiger partial charge < -0.3 is 10.2 Å². The molecule has 1 aromatic heterocycles. The van der Waals surface area contributed by atoms with Gasteiger partial charge in [0.15, 0.2) is 0 Å². The van der Waals surface area contributed by atoms with Crippen molar-refractivity contribution in [2.75, 3.05) is 18.9 Å². The normalized spacial score (nSPS) is 23.8. The molecule has 1 aliphatic heterocycles. The molecule has 0 aliphatic carbocycles. The van der Waals surface area contributed by atoms with Gasteiger partial charge in [0.05, 0.1) is 4.92 Å². The summed E-state index contributed by atoms with van der Waals surface area (Å²) in [6.45, 7) is 5.07. The van der Waals surface area contributed by atoms with Crippen molar-refractivity contribution in [3.8, 4) is 0 Å². The minimum absolute atomic E-state index is 0.126. The fourth-order valence-electron chi connectivity index (χ4n) is 2.77. The molecule has 0 spiro atoms. The van der Waals surface area contributed by atoms with Crippen molar-refractivity contribution in [2.24, 2.45) is 7.05 Å². The van der Waals surface area contributed by atoms with Crippen LogP contribution in [0.5, 0.6) is 0 Å². The molecule has 1 fully saturated rings. The van der Waals surface area contributed by atoms with E-state index in [0.29, 0.717) is 24.0 Å². The molecule has 112 valence electrons. The number of hydrogen-bond donors (Lipinski definition) is 1. The molecule has 1 aromatic rings. The molecule has 0 amide bonds. The monoisotopic (exact) mass is 281 g/mol. The van der Waals surface area contributed by atoms with Crippen LogP contribution >= 0.6 is 0 Å². The van der Waals surface area contributed by atoms with Crippen molar-refractivity contribution < 1.29 is 4.92 Å². The van der Waals surface area contributed by atoms with Gasteiger partial charge in [-0.25, -0.2) is 4.68 Å². The second-order valence-corrected chi connectivity index (χ2v) is 5.57. The standard InChI is InChI=1S/C13H23N5O2/c1-5-11-12(18(19)20)13(17(4)15-11)14-10-6-7-16(3)9(2)8-10/h9-10,14H,5-8H2,1-4H3. The summed E-state index contributed by atoms with van der Waals surface area (Å²) in [5.41, 5.74) is 0.669. The van der Waals surface area contributed by atoms with Crippen molar-refractivity contribution in [3.63, 3.8) is 0 Å². The zero-order valence-electron chi connectivity index (χ0n) is 12.6. The van der Waals surface area contributed by atoms with E-state index in [4.69, 9.17) is 0 Å². The molecule has 20 heavy (non-hydrogen) atoms. The largest absolute Gasteiger partial charge is 0.362 e. The molecule has 2 heterocycles. The van der Waals surface area contributed by atoms with E-state index < -0.39 is 0 Å². The number of hydrogen-bond acceptors (Lipinski definition) is 5. The average Bonchev–Trinajstić information content (AvgIpc) is 2.71. The predicted molar refractivity (Wildman–Crippen MR) is 78.0 cm³/mol. The number of aryl methyl sites for hydroxylation is 2. The highest BCUT2D eigenvalue weighted by Gasteiger charge is 2.29. The number of anilines is 1. The molecule has 0 aromatic carbocycles. The molecule has 2 unspecified atom stereocenters. The Labute approximate surface area is 119 Å². The maximum atomic E-state index is 11.3. The zero-order valence-corrected chi connectivity index (χ0v) is 12.6. The molecule has 1 aliphatic rings. The first-order chi connectivity index (χ1) is 9.43. The van der Waals surface area contributed by atoms with Crippen molar-refractivity contribution >= 4 is 11.5 Å². The maximum absolute atomic E-state index is 11.3. The van der Waals surface area contributed by atoms with Gasteiger partial charge in [-0.15, -0.1) is 0 Å². The number of nitro groups is 1. The van der Waals surface area contributed by atoms with Crippen LogP contribution in [0.4, 0.5) is 11.5 Å². The Morgan fingerprint density at radius 2 is 2.20 bits per heavy atom. The third-order valence-electron chi connectivity index (χ3n) is 4.16. The number of nitrogens with one attached hydrogen (secondary N) is 1. The van der Waals surface area contributed by atoms with Crippen molar-refractivity contribution in [1.82, 2.24) is 14.7 Å². The van der Waals surface area contributed by atoms with Gasteiger partial charge in [0.1, 0.15) is 5.69 Å². The molecule has 0 bridgehead atoms. The van der Waals surface area contributed by atoms with E-state index in [0.717, 1.165) is 19.4 Å². The molecule has 7 heteroatoms. The Bertz CT molecular complexity index is 499. The van der Waals surface area contributed by atoms with Crippen LogP contribution < -0.4 is 5.32 Å². The summed E-state index contributed by atoms with van der Waals surface area (Å²) in [5, 5.41) is 18.9. The van der Waals surface area contributed by atoms with Gasteiger partial charge in [0.25, 0.3) is 0 Å². The lowest BCUT2D eigenvalue weighted by molar-refractivity contribution is -0.384. The van der Waals surface area contributed by atoms with Crippen molar-refractivity contribution in [1.29, 1.82) is 0 Å². The molecule has 1 N–H and O–H groups in total. The average molecular weight is 281 g/mol. The van der Waals surface area contributed by atoms with Gasteiger partial charge in [-0.1, -0.05) is 6.92 Å². The van der Waals surface area contributed by atoms with Crippen LogP contribution in [-0.4, -0.2) is 45.3 Å². The Hall–Kier alpha value is -1.63. The highest BCUT2D eigenvalue weighted by molar-refractivity contribution is 5.60. The van der Waals surface area contributed by atoms with Crippen molar-refractivity contribution in [3.05, 3.63) is 15.8 Å². The first-order valence-corrected chi connectivity index (χ1v) is 7.11. The van der Waals surface area contributed by atoms with E-state index in [9.17, 15) is 10.1 Å². The minimum Gasteiger partial charge on any atom is -0.362 e. The summed E-state index contributed by atoms with van der Waals surface area (Å²) in [4.78, 5) is 13.3. The van der Waals surface area contributed by atoms with Gasteiger partial charge in [0.2, 0.25) is 5.82 Å². The van der Waals surface area contributed by atoms with E-state index in [1.807, 2.05) is 6.92 Å². The fourth-order valence-corrected chi connectivity index (χ4v) is 2.77. The fraction of sp³-hybridized carbons (Fsp3) is 0.769. The number of rotatable bonds is 4. The van der Waals surface area contributed by atoms with E-state index in [-0.39, 0.29) is 16.7 Å². The number of nitrogens with zero attached hydrogens (tertiary/aromatic N) is 4. The smallest absolute Gasteiger partial charge is 0.333 e. The van der Waals surface area contributed by atoms with E-state index in [2.05, 4.69) is 29.3 Å². The summed E-state index contributed by atoms with van der Waals surface area (Å²) in [6, 6.07) is 0.749. The van der Waals surface area contributed by atoms with Crippen LogP contribution in [0, 0.1) is 10.1 Å². The van der Waals surface area contributed by atoms with Crippen LogP contribution in [0.3, 0.4) is 0 Å². The highest BCUT2D eigenvalue weighted by atomic mass is 16.6. The SMILES string of the molecule is CCc1nn(C)c(NC2CCN(C)C(C)C2)c1[N+](=O)[O-]. The second kappa shape index (κ2) is 5.78. The summed E-state index contributed by atoms with van der Waals surface area (Å²) >= 11 is 0. The van der Waals surface area contributed by atoms with Gasteiger partial charge in [-0.2, -0.15) is 5.10 Å². The van der Waals surface area contributed by atoms with Gasteiger partial charge in [0, 0.05) is 25.7 Å². The van der Waals surface area contributed by atoms with Gasteiger partial charge in [-0.3, -0.25) is 10.1 Å².